The molecular weight excluding hydrogens is 276 g/mol. The fraction of sp³-hybridized carbons (Fsp3) is 0.167. The van der Waals surface area contributed by atoms with Gasteiger partial charge in [-0.25, -0.2) is 14.6 Å². The van der Waals surface area contributed by atoms with Gasteiger partial charge in [0.15, 0.2) is 11.5 Å². The van der Waals surface area contributed by atoms with Crippen LogP contribution in [0, 0.1) is 13.8 Å². The van der Waals surface area contributed by atoms with Crippen LogP contribution in [0.15, 0.2) is 12.5 Å². The molecule has 3 rings (SSSR count). The molecule has 4 N–H and O–H groups in total. The number of fused-ring (bicyclic) bond motifs is 1. The number of rotatable bonds is 2. The molecule has 0 bridgehead atoms. The number of carbonyl (C=O) groups is 1. The van der Waals surface area contributed by atoms with E-state index < -0.39 is 5.91 Å². The van der Waals surface area contributed by atoms with Crippen LogP contribution in [-0.4, -0.2) is 25.7 Å². The lowest BCUT2D eigenvalue weighted by Crippen LogP contribution is -2.14. The molecule has 20 heavy (non-hydrogen) atoms. The summed E-state index contributed by atoms with van der Waals surface area (Å²) >= 11 is 1.59. The highest BCUT2D eigenvalue weighted by Crippen LogP contribution is 2.31. The second kappa shape index (κ2) is 4.27. The zero-order valence-electron chi connectivity index (χ0n) is 10.9. The standard InChI is InChI=1S/C12H12N6OS/c1-5-6(2)20-12-8(5)11(15-4-16-12)18-3-7(13)9(17-18)10(14)19/h3-4H,13H2,1-2H3,(H2,14,19). The van der Waals surface area contributed by atoms with Crippen molar-refractivity contribution in [3.05, 3.63) is 28.7 Å². The van der Waals surface area contributed by atoms with Gasteiger partial charge in [0.05, 0.1) is 17.3 Å². The van der Waals surface area contributed by atoms with Crippen LogP contribution in [0.4, 0.5) is 5.69 Å². The van der Waals surface area contributed by atoms with E-state index >= 15 is 0 Å². The van der Waals surface area contributed by atoms with Crippen molar-refractivity contribution in [2.24, 2.45) is 5.73 Å². The molecule has 8 heteroatoms. The van der Waals surface area contributed by atoms with Gasteiger partial charge in [0.1, 0.15) is 11.2 Å². The van der Waals surface area contributed by atoms with Gasteiger partial charge in [-0.15, -0.1) is 11.3 Å². The molecule has 0 spiro atoms. The number of hydrogen-bond acceptors (Lipinski definition) is 6. The van der Waals surface area contributed by atoms with E-state index in [0.717, 1.165) is 20.7 Å². The highest BCUT2D eigenvalue weighted by Gasteiger charge is 2.17. The number of carbonyl (C=O) groups excluding carboxylic acids is 1. The van der Waals surface area contributed by atoms with Crippen LogP contribution < -0.4 is 11.5 Å². The van der Waals surface area contributed by atoms with Gasteiger partial charge in [-0.2, -0.15) is 5.10 Å². The monoisotopic (exact) mass is 288 g/mol. The topological polar surface area (TPSA) is 113 Å². The Bertz CT molecular complexity index is 834. The van der Waals surface area contributed by atoms with Crippen molar-refractivity contribution < 1.29 is 4.79 Å². The molecule has 0 saturated carbocycles. The number of primary amides is 1. The summed E-state index contributed by atoms with van der Waals surface area (Å²) in [4.78, 5) is 21.8. The third-order valence-corrected chi connectivity index (χ3v) is 4.25. The fourth-order valence-electron chi connectivity index (χ4n) is 2.02. The Morgan fingerprint density at radius 1 is 1.35 bits per heavy atom. The minimum Gasteiger partial charge on any atom is -0.396 e. The zero-order valence-corrected chi connectivity index (χ0v) is 11.7. The van der Waals surface area contributed by atoms with Crippen molar-refractivity contribution in [2.75, 3.05) is 5.73 Å². The minimum atomic E-state index is -0.662. The highest BCUT2D eigenvalue weighted by atomic mass is 32.1. The Labute approximate surface area is 118 Å². The number of aryl methyl sites for hydroxylation is 2. The number of thiophene rings is 1. The summed E-state index contributed by atoms with van der Waals surface area (Å²) in [6, 6.07) is 0. The van der Waals surface area contributed by atoms with E-state index in [0.29, 0.717) is 5.82 Å². The van der Waals surface area contributed by atoms with Gasteiger partial charge in [0.2, 0.25) is 0 Å². The van der Waals surface area contributed by atoms with Crippen molar-refractivity contribution in [2.45, 2.75) is 13.8 Å². The smallest absolute Gasteiger partial charge is 0.271 e. The molecule has 0 atom stereocenters. The number of amides is 1. The molecule has 7 nitrogen and oxygen atoms in total. The van der Waals surface area contributed by atoms with E-state index in [9.17, 15) is 4.79 Å². The second-order valence-corrected chi connectivity index (χ2v) is 5.61. The van der Waals surface area contributed by atoms with Crippen molar-refractivity contribution in [3.8, 4) is 5.82 Å². The predicted molar refractivity (Wildman–Crippen MR) is 76.9 cm³/mol. The van der Waals surface area contributed by atoms with E-state index in [2.05, 4.69) is 15.1 Å². The average molecular weight is 288 g/mol. The summed E-state index contributed by atoms with van der Waals surface area (Å²) in [5.74, 6) is -0.0687. The van der Waals surface area contributed by atoms with E-state index in [1.165, 1.54) is 17.2 Å². The maximum absolute atomic E-state index is 11.2. The molecule has 0 saturated heterocycles. The first-order valence-electron chi connectivity index (χ1n) is 5.85. The molecule has 0 aliphatic heterocycles. The summed E-state index contributed by atoms with van der Waals surface area (Å²) < 4.78 is 1.47. The summed E-state index contributed by atoms with van der Waals surface area (Å²) in [6.07, 6.45) is 3.00. The zero-order chi connectivity index (χ0) is 14.4. The van der Waals surface area contributed by atoms with E-state index in [1.54, 1.807) is 11.3 Å². The number of nitrogens with two attached hydrogens (primary N) is 2. The largest absolute Gasteiger partial charge is 0.396 e. The lowest BCUT2D eigenvalue weighted by molar-refractivity contribution is 0.0996. The van der Waals surface area contributed by atoms with Crippen molar-refractivity contribution >= 4 is 33.1 Å². The maximum Gasteiger partial charge on any atom is 0.271 e. The Balaban J connectivity index is 2.29. The van der Waals surface area contributed by atoms with Crippen LogP contribution in [-0.2, 0) is 0 Å². The Morgan fingerprint density at radius 3 is 2.75 bits per heavy atom. The molecule has 0 aromatic carbocycles. The summed E-state index contributed by atoms with van der Waals surface area (Å²) in [7, 11) is 0. The fourth-order valence-corrected chi connectivity index (χ4v) is 3.02. The SMILES string of the molecule is Cc1sc2ncnc(-n3cc(N)c(C(N)=O)n3)c2c1C. The van der Waals surface area contributed by atoms with E-state index in [-0.39, 0.29) is 11.4 Å². The molecule has 3 heterocycles. The number of hydrogen-bond donors (Lipinski definition) is 2. The molecule has 0 aliphatic rings. The van der Waals surface area contributed by atoms with E-state index in [4.69, 9.17) is 11.5 Å². The van der Waals surface area contributed by atoms with Gasteiger partial charge < -0.3 is 11.5 Å². The van der Waals surface area contributed by atoms with Gasteiger partial charge >= 0.3 is 0 Å². The molecular formula is C12H12N6OS. The average Bonchev–Trinajstić information content (AvgIpc) is 2.91. The summed E-state index contributed by atoms with van der Waals surface area (Å²) in [6.45, 7) is 4.03. The summed E-state index contributed by atoms with van der Waals surface area (Å²) in [5.41, 5.74) is 12.3. The molecule has 0 unspecified atom stereocenters. The number of nitrogens with zero attached hydrogens (tertiary/aromatic N) is 4. The number of anilines is 1. The Kier molecular flexibility index (Phi) is 2.68. The minimum absolute atomic E-state index is 0.0429. The molecule has 0 fully saturated rings. The maximum atomic E-state index is 11.2. The van der Waals surface area contributed by atoms with Crippen LogP contribution in [0.1, 0.15) is 20.9 Å². The molecule has 3 aromatic heterocycles. The quantitative estimate of drug-likeness (QED) is 0.735. The first-order valence-corrected chi connectivity index (χ1v) is 6.66. The lowest BCUT2D eigenvalue weighted by Gasteiger charge is -2.02. The molecule has 0 aliphatic carbocycles. The van der Waals surface area contributed by atoms with E-state index in [1.807, 2.05) is 13.8 Å². The molecule has 102 valence electrons. The van der Waals surface area contributed by atoms with Gasteiger partial charge in [-0.1, -0.05) is 0 Å². The number of aromatic nitrogens is 4. The second-order valence-electron chi connectivity index (χ2n) is 4.40. The molecule has 0 radical (unpaired) electrons. The van der Waals surface area contributed by atoms with Gasteiger partial charge in [-0.05, 0) is 19.4 Å². The first-order chi connectivity index (χ1) is 9.49. The third-order valence-electron chi connectivity index (χ3n) is 3.14. The predicted octanol–water partition coefficient (Wildman–Crippen LogP) is 1.17. The van der Waals surface area contributed by atoms with Crippen LogP contribution in [0.5, 0.6) is 0 Å². The van der Waals surface area contributed by atoms with Gasteiger partial charge in [-0.3, -0.25) is 4.79 Å². The van der Waals surface area contributed by atoms with Crippen molar-refractivity contribution in [1.82, 2.24) is 19.7 Å². The molecule has 1 amide bonds. The van der Waals surface area contributed by atoms with Crippen molar-refractivity contribution in [3.63, 3.8) is 0 Å². The van der Waals surface area contributed by atoms with Crippen molar-refractivity contribution in [1.29, 1.82) is 0 Å². The molecule has 3 aromatic rings. The first kappa shape index (κ1) is 12.5. The Morgan fingerprint density at radius 2 is 2.10 bits per heavy atom. The third kappa shape index (κ3) is 1.73. The number of nitrogen functional groups attached to an aromatic ring is 1. The van der Waals surface area contributed by atoms with Gasteiger partial charge in [0, 0.05) is 4.88 Å². The lowest BCUT2D eigenvalue weighted by atomic mass is 10.2. The normalized spacial score (nSPS) is 11.1. The van der Waals surface area contributed by atoms with Crippen LogP contribution in [0.25, 0.3) is 16.0 Å². The van der Waals surface area contributed by atoms with Crippen LogP contribution in [0.3, 0.4) is 0 Å². The summed E-state index contributed by atoms with van der Waals surface area (Å²) in [5, 5.41) is 5.02. The van der Waals surface area contributed by atoms with Gasteiger partial charge in [0.25, 0.3) is 5.91 Å². The van der Waals surface area contributed by atoms with Crippen LogP contribution >= 0.6 is 11.3 Å². The highest BCUT2D eigenvalue weighted by molar-refractivity contribution is 7.18. The van der Waals surface area contributed by atoms with Crippen LogP contribution in [0.2, 0.25) is 0 Å². The Hall–Kier alpha value is -2.48.